The summed E-state index contributed by atoms with van der Waals surface area (Å²) in [6.07, 6.45) is 9.23. The molecule has 34 heavy (non-hydrogen) atoms. The van der Waals surface area contributed by atoms with Crippen molar-refractivity contribution in [3.8, 4) is 0 Å². The largest absolute Gasteiger partial charge is 0.349 e. The molecule has 0 bridgehead atoms. The van der Waals surface area contributed by atoms with Gasteiger partial charge < -0.3 is 9.80 Å². The fraction of sp³-hybridized carbons (Fsp3) is 0.400. The van der Waals surface area contributed by atoms with Crippen molar-refractivity contribution in [2.75, 3.05) is 13.3 Å². The van der Waals surface area contributed by atoms with E-state index in [1.807, 2.05) is 0 Å². The smallest absolute Gasteiger partial charge is 0.111 e. The third kappa shape index (κ3) is 4.11. The Morgan fingerprint density at radius 1 is 0.559 bits per heavy atom. The standard InChI is InChI=1S/C30H38N4/c1-29(2,3)27(23-13-9-7-10-14-23)31-19-25-17-18-26-20-32(22-34(26)33(25)21-31)28(30(4,5)6)24-15-11-8-12-16-24/h7-20,27-28H,21-22H2,1-6H3. The molecular weight excluding hydrogens is 416 g/mol. The number of rotatable bonds is 4. The lowest BCUT2D eigenvalue weighted by Crippen LogP contribution is -2.46. The van der Waals surface area contributed by atoms with Crippen molar-refractivity contribution < 1.29 is 0 Å². The van der Waals surface area contributed by atoms with E-state index in [0.29, 0.717) is 12.1 Å². The maximum absolute atomic E-state index is 2.51. The predicted octanol–water partition coefficient (Wildman–Crippen LogP) is 6.88. The van der Waals surface area contributed by atoms with Crippen molar-refractivity contribution in [2.45, 2.75) is 53.6 Å². The van der Waals surface area contributed by atoms with Crippen LogP contribution in [-0.4, -0.2) is 33.2 Å². The maximum Gasteiger partial charge on any atom is 0.111 e. The van der Waals surface area contributed by atoms with E-state index >= 15 is 0 Å². The summed E-state index contributed by atoms with van der Waals surface area (Å²) in [6, 6.07) is 22.5. The molecule has 0 saturated heterocycles. The first kappa shape index (κ1) is 22.6. The Hall–Kier alpha value is -3.14. The molecule has 2 aromatic rings. The van der Waals surface area contributed by atoms with E-state index in [1.165, 1.54) is 22.5 Å². The van der Waals surface area contributed by atoms with Crippen LogP contribution in [0, 0.1) is 10.8 Å². The molecule has 0 N–H and O–H groups in total. The van der Waals surface area contributed by atoms with Crippen LogP contribution in [0.2, 0.25) is 0 Å². The van der Waals surface area contributed by atoms with Gasteiger partial charge in [-0.2, -0.15) is 0 Å². The van der Waals surface area contributed by atoms with Gasteiger partial charge in [0.05, 0.1) is 23.5 Å². The minimum absolute atomic E-state index is 0.108. The molecule has 0 aromatic heterocycles. The zero-order chi connectivity index (χ0) is 24.1. The molecule has 0 radical (unpaired) electrons. The number of fused-ring (bicyclic) bond motifs is 3. The van der Waals surface area contributed by atoms with Crippen LogP contribution in [0.25, 0.3) is 0 Å². The zero-order valence-corrected chi connectivity index (χ0v) is 21.4. The monoisotopic (exact) mass is 454 g/mol. The van der Waals surface area contributed by atoms with Crippen molar-refractivity contribution in [3.63, 3.8) is 0 Å². The topological polar surface area (TPSA) is 13.0 Å². The van der Waals surface area contributed by atoms with Gasteiger partial charge in [0, 0.05) is 12.4 Å². The molecule has 3 heterocycles. The summed E-state index contributed by atoms with van der Waals surface area (Å²) in [5.74, 6) is 0. The average molecular weight is 455 g/mol. The van der Waals surface area contributed by atoms with Gasteiger partial charge in [-0.15, -0.1) is 0 Å². The highest BCUT2D eigenvalue weighted by Gasteiger charge is 2.41. The fourth-order valence-electron chi connectivity index (χ4n) is 5.85. The van der Waals surface area contributed by atoms with Crippen molar-refractivity contribution in [1.29, 1.82) is 0 Å². The molecule has 5 rings (SSSR count). The molecule has 2 unspecified atom stereocenters. The Labute approximate surface area is 205 Å². The van der Waals surface area contributed by atoms with Crippen molar-refractivity contribution >= 4 is 0 Å². The third-order valence-corrected chi connectivity index (χ3v) is 7.04. The second-order valence-electron chi connectivity index (χ2n) is 11.9. The minimum Gasteiger partial charge on any atom is -0.349 e. The van der Waals surface area contributed by atoms with Crippen LogP contribution in [0.5, 0.6) is 0 Å². The molecule has 0 fully saturated rings. The summed E-state index contributed by atoms with van der Waals surface area (Å²) in [4.78, 5) is 5.03. The first-order chi connectivity index (χ1) is 16.1. The first-order valence-electron chi connectivity index (χ1n) is 12.4. The molecule has 4 heteroatoms. The molecule has 0 aliphatic carbocycles. The van der Waals surface area contributed by atoms with E-state index in [4.69, 9.17) is 0 Å². The molecule has 3 aliphatic rings. The summed E-state index contributed by atoms with van der Waals surface area (Å²) in [6.45, 7) is 15.8. The van der Waals surface area contributed by atoms with Gasteiger partial charge in [0.2, 0.25) is 0 Å². The number of nitrogens with zero attached hydrogens (tertiary/aromatic N) is 4. The third-order valence-electron chi connectivity index (χ3n) is 7.04. The molecular formula is C30H38N4. The van der Waals surface area contributed by atoms with Gasteiger partial charge in [0.15, 0.2) is 0 Å². The molecule has 0 saturated carbocycles. The molecule has 3 aliphatic heterocycles. The Bertz CT molecular complexity index is 1010. The number of hydrogen-bond donors (Lipinski definition) is 0. The van der Waals surface area contributed by atoms with Gasteiger partial charge in [-0.1, -0.05) is 102 Å². The van der Waals surface area contributed by atoms with E-state index in [0.717, 1.165) is 13.3 Å². The number of allylic oxidation sites excluding steroid dienone is 2. The second kappa shape index (κ2) is 8.26. The number of benzene rings is 2. The van der Waals surface area contributed by atoms with Crippen molar-refractivity contribution in [3.05, 3.63) is 108 Å². The second-order valence-corrected chi connectivity index (χ2v) is 11.9. The molecule has 2 aromatic carbocycles. The fourth-order valence-corrected chi connectivity index (χ4v) is 5.85. The summed E-state index contributed by atoms with van der Waals surface area (Å²) >= 11 is 0. The van der Waals surface area contributed by atoms with Gasteiger partial charge in [-0.3, -0.25) is 10.0 Å². The quantitative estimate of drug-likeness (QED) is 0.499. The molecule has 2 atom stereocenters. The van der Waals surface area contributed by atoms with E-state index in [1.54, 1.807) is 0 Å². The van der Waals surface area contributed by atoms with Crippen LogP contribution in [0.15, 0.2) is 96.6 Å². The average Bonchev–Trinajstić information content (AvgIpc) is 3.37. The first-order valence-corrected chi connectivity index (χ1v) is 12.4. The van der Waals surface area contributed by atoms with Gasteiger partial charge >= 0.3 is 0 Å². The minimum atomic E-state index is 0.108. The van der Waals surface area contributed by atoms with E-state index < -0.39 is 0 Å². The number of hydrogen-bond acceptors (Lipinski definition) is 4. The highest BCUT2D eigenvalue weighted by molar-refractivity contribution is 5.36. The highest BCUT2D eigenvalue weighted by Crippen LogP contribution is 2.45. The van der Waals surface area contributed by atoms with Crippen molar-refractivity contribution in [1.82, 2.24) is 19.8 Å². The lowest BCUT2D eigenvalue weighted by Gasteiger charge is -2.43. The lowest BCUT2D eigenvalue weighted by atomic mass is 9.81. The van der Waals surface area contributed by atoms with E-state index in [9.17, 15) is 0 Å². The Morgan fingerprint density at radius 3 is 1.24 bits per heavy atom. The Balaban J connectivity index is 1.41. The van der Waals surface area contributed by atoms with E-state index in [2.05, 4.69) is 147 Å². The molecule has 178 valence electrons. The van der Waals surface area contributed by atoms with Crippen LogP contribution in [0.3, 0.4) is 0 Å². The predicted molar refractivity (Wildman–Crippen MR) is 140 cm³/mol. The van der Waals surface area contributed by atoms with Gasteiger partial charge in [0.1, 0.15) is 13.3 Å². The molecule has 0 spiro atoms. The summed E-state index contributed by atoms with van der Waals surface area (Å²) in [5.41, 5.74) is 5.47. The highest BCUT2D eigenvalue weighted by atomic mass is 15.7. The van der Waals surface area contributed by atoms with Crippen LogP contribution in [-0.2, 0) is 0 Å². The molecule has 4 nitrogen and oxygen atoms in total. The SMILES string of the molecule is CC(C)(C)C(c1ccccc1)N1C=C2C=CC3=CN(C(c4ccccc4)C(C)(C)C)CN3N2C1. The van der Waals surface area contributed by atoms with Gasteiger partial charge in [0.25, 0.3) is 0 Å². The molecule has 0 amide bonds. The maximum atomic E-state index is 2.51. The van der Waals surface area contributed by atoms with Crippen LogP contribution < -0.4 is 0 Å². The zero-order valence-electron chi connectivity index (χ0n) is 21.4. The Kier molecular flexibility index (Phi) is 5.50. The normalized spacial score (nSPS) is 19.6. The van der Waals surface area contributed by atoms with Crippen LogP contribution in [0.1, 0.15) is 64.8 Å². The van der Waals surface area contributed by atoms with Crippen LogP contribution >= 0.6 is 0 Å². The summed E-state index contributed by atoms with van der Waals surface area (Å²) in [5, 5.41) is 4.89. The number of hydrazine groups is 1. The Morgan fingerprint density at radius 2 is 0.912 bits per heavy atom. The van der Waals surface area contributed by atoms with Gasteiger partial charge in [-0.05, 0) is 34.1 Å². The summed E-state index contributed by atoms with van der Waals surface area (Å²) in [7, 11) is 0. The van der Waals surface area contributed by atoms with E-state index in [-0.39, 0.29) is 10.8 Å². The summed E-state index contributed by atoms with van der Waals surface area (Å²) < 4.78 is 0. The van der Waals surface area contributed by atoms with Crippen molar-refractivity contribution in [2.24, 2.45) is 10.8 Å². The van der Waals surface area contributed by atoms with Crippen LogP contribution in [0.4, 0.5) is 0 Å². The van der Waals surface area contributed by atoms with Gasteiger partial charge in [-0.25, -0.2) is 0 Å². The lowest BCUT2D eigenvalue weighted by molar-refractivity contribution is -0.0161.